The summed E-state index contributed by atoms with van der Waals surface area (Å²) in [6.07, 6.45) is -0.523. The Kier molecular flexibility index (Phi) is 9.32. The van der Waals surface area contributed by atoms with E-state index < -0.39 is 6.10 Å². The van der Waals surface area contributed by atoms with Crippen LogP contribution in [0.2, 0.25) is 0 Å². The number of hydrogen-bond acceptors (Lipinski definition) is 3. The quantitative estimate of drug-likeness (QED) is 0.393. The molecule has 0 aliphatic rings. The third-order valence-corrected chi connectivity index (χ3v) is 2.43. The van der Waals surface area contributed by atoms with Crippen LogP contribution in [0.25, 0.3) is 0 Å². The first-order chi connectivity index (χ1) is 9.02. The molecule has 0 saturated carbocycles. The highest BCUT2D eigenvalue weighted by Crippen LogP contribution is 2.18. The molecule has 1 aromatic rings. The first kappa shape index (κ1) is 19.0. The third-order valence-electron chi connectivity index (χ3n) is 2.43. The lowest BCUT2D eigenvalue weighted by atomic mass is 10.1. The number of aliphatic hydroxyl groups excluding tert-OH is 1. The van der Waals surface area contributed by atoms with Crippen molar-refractivity contribution >= 4 is 29.9 Å². The summed E-state index contributed by atoms with van der Waals surface area (Å²) >= 11 is 0. The number of guanidine groups is 1. The maximum Gasteiger partial charge on any atom is 0.188 e. The van der Waals surface area contributed by atoms with Crippen molar-refractivity contribution in [2.45, 2.75) is 33.0 Å². The lowest BCUT2D eigenvalue weighted by Gasteiger charge is -2.12. The molecule has 0 heterocycles. The minimum atomic E-state index is -0.662. The standard InChI is InChI=1S/C14H23N3O2.HI/c1-4-16-14(15)17-9-13(18)11-5-7-12(8-6-11)19-10(2)3;/h5-8,10,13,18H,4,9H2,1-3H3,(H3,15,16,17);1H. The van der Waals surface area contributed by atoms with Gasteiger partial charge in [-0.05, 0) is 38.5 Å². The summed E-state index contributed by atoms with van der Waals surface area (Å²) in [5.74, 6) is 1.14. The van der Waals surface area contributed by atoms with Crippen molar-refractivity contribution in [1.82, 2.24) is 5.32 Å². The zero-order valence-electron chi connectivity index (χ0n) is 12.2. The number of aliphatic hydroxyl groups is 1. The van der Waals surface area contributed by atoms with E-state index in [0.717, 1.165) is 11.3 Å². The number of ether oxygens (including phenoxy) is 1. The highest BCUT2D eigenvalue weighted by Gasteiger charge is 2.07. The molecule has 114 valence electrons. The lowest BCUT2D eigenvalue weighted by molar-refractivity contribution is 0.187. The van der Waals surface area contributed by atoms with Crippen LogP contribution in [0, 0.1) is 0 Å². The normalized spacial score (nSPS) is 12.8. The monoisotopic (exact) mass is 393 g/mol. The minimum absolute atomic E-state index is 0. The van der Waals surface area contributed by atoms with Crippen LogP contribution < -0.4 is 15.8 Å². The molecule has 1 rings (SSSR count). The second-order valence-electron chi connectivity index (χ2n) is 4.51. The van der Waals surface area contributed by atoms with Crippen molar-refractivity contribution in [1.29, 1.82) is 0 Å². The van der Waals surface area contributed by atoms with Gasteiger partial charge in [-0.15, -0.1) is 24.0 Å². The topological polar surface area (TPSA) is 79.9 Å². The van der Waals surface area contributed by atoms with Gasteiger partial charge in [-0.25, -0.2) is 0 Å². The number of rotatable bonds is 6. The van der Waals surface area contributed by atoms with Gasteiger partial charge in [0.05, 0.1) is 18.8 Å². The average molecular weight is 393 g/mol. The van der Waals surface area contributed by atoms with Gasteiger partial charge < -0.3 is 20.9 Å². The first-order valence-corrected chi connectivity index (χ1v) is 6.51. The second kappa shape index (κ2) is 9.82. The Hall–Kier alpha value is -1.02. The molecule has 1 aromatic carbocycles. The molecule has 0 aromatic heterocycles. The molecule has 1 unspecified atom stereocenters. The number of nitrogens with zero attached hydrogens (tertiary/aromatic N) is 1. The van der Waals surface area contributed by atoms with Crippen LogP contribution in [-0.4, -0.2) is 30.3 Å². The lowest BCUT2D eigenvalue weighted by Crippen LogP contribution is -2.31. The van der Waals surface area contributed by atoms with Crippen LogP contribution in [-0.2, 0) is 0 Å². The predicted octanol–water partition coefficient (Wildman–Crippen LogP) is 2.05. The fraction of sp³-hybridized carbons (Fsp3) is 0.500. The van der Waals surface area contributed by atoms with E-state index in [1.165, 1.54) is 0 Å². The second-order valence-corrected chi connectivity index (χ2v) is 4.51. The Bertz CT molecular complexity index is 407. The smallest absolute Gasteiger partial charge is 0.188 e. The zero-order chi connectivity index (χ0) is 14.3. The number of aliphatic imine (C=N–C) groups is 1. The summed E-state index contributed by atoms with van der Waals surface area (Å²) < 4.78 is 5.54. The van der Waals surface area contributed by atoms with E-state index in [1.54, 1.807) is 0 Å². The molecule has 0 aliphatic heterocycles. The Morgan fingerprint density at radius 3 is 2.45 bits per heavy atom. The van der Waals surface area contributed by atoms with Gasteiger partial charge >= 0.3 is 0 Å². The highest BCUT2D eigenvalue weighted by atomic mass is 127. The van der Waals surface area contributed by atoms with Gasteiger partial charge in [0.15, 0.2) is 5.96 Å². The zero-order valence-corrected chi connectivity index (χ0v) is 14.5. The molecular weight excluding hydrogens is 369 g/mol. The number of nitrogens with two attached hydrogens (primary N) is 1. The summed E-state index contributed by atoms with van der Waals surface area (Å²) in [4.78, 5) is 4.06. The van der Waals surface area contributed by atoms with Crippen LogP contribution >= 0.6 is 24.0 Å². The number of halogens is 1. The van der Waals surface area contributed by atoms with Crippen molar-refractivity contribution in [2.75, 3.05) is 13.1 Å². The Labute approximate surface area is 137 Å². The summed E-state index contributed by atoms with van der Waals surface area (Å²) in [5, 5.41) is 12.9. The SMILES string of the molecule is CCNC(N)=NCC(O)c1ccc(OC(C)C)cc1.I. The molecule has 0 saturated heterocycles. The van der Waals surface area contributed by atoms with E-state index in [4.69, 9.17) is 10.5 Å². The van der Waals surface area contributed by atoms with Gasteiger partial charge in [-0.3, -0.25) is 4.99 Å². The molecule has 0 spiro atoms. The van der Waals surface area contributed by atoms with Crippen LogP contribution in [0.5, 0.6) is 5.75 Å². The predicted molar refractivity (Wildman–Crippen MR) is 92.7 cm³/mol. The summed E-state index contributed by atoms with van der Waals surface area (Å²) in [6.45, 7) is 6.84. The third kappa shape index (κ3) is 6.95. The maximum atomic E-state index is 9.98. The van der Waals surface area contributed by atoms with Gasteiger partial charge in [-0.2, -0.15) is 0 Å². The van der Waals surface area contributed by atoms with Crippen LogP contribution in [0.15, 0.2) is 29.3 Å². The van der Waals surface area contributed by atoms with E-state index in [0.29, 0.717) is 12.5 Å². The van der Waals surface area contributed by atoms with Crippen LogP contribution in [0.4, 0.5) is 0 Å². The van der Waals surface area contributed by atoms with Crippen LogP contribution in [0.3, 0.4) is 0 Å². The van der Waals surface area contributed by atoms with Crippen molar-refractivity contribution in [2.24, 2.45) is 10.7 Å². The average Bonchev–Trinajstić information content (AvgIpc) is 2.36. The van der Waals surface area contributed by atoms with Gasteiger partial charge in [0.2, 0.25) is 0 Å². The van der Waals surface area contributed by atoms with E-state index in [-0.39, 0.29) is 36.6 Å². The molecule has 0 fully saturated rings. The summed E-state index contributed by atoms with van der Waals surface area (Å²) in [5.41, 5.74) is 6.39. The highest BCUT2D eigenvalue weighted by molar-refractivity contribution is 14.0. The Morgan fingerprint density at radius 1 is 1.35 bits per heavy atom. The van der Waals surface area contributed by atoms with Gasteiger partial charge in [0, 0.05) is 6.54 Å². The molecule has 0 bridgehead atoms. The number of nitrogens with one attached hydrogen (secondary N) is 1. The van der Waals surface area contributed by atoms with Crippen LogP contribution in [0.1, 0.15) is 32.4 Å². The molecule has 0 amide bonds. The van der Waals surface area contributed by atoms with Crippen molar-refractivity contribution in [3.63, 3.8) is 0 Å². The van der Waals surface area contributed by atoms with Crippen molar-refractivity contribution in [3.8, 4) is 5.75 Å². The van der Waals surface area contributed by atoms with E-state index in [9.17, 15) is 5.11 Å². The molecule has 1 atom stereocenters. The molecule has 4 N–H and O–H groups in total. The maximum absolute atomic E-state index is 9.98. The molecule has 20 heavy (non-hydrogen) atoms. The molecule has 6 heteroatoms. The number of hydrogen-bond donors (Lipinski definition) is 3. The minimum Gasteiger partial charge on any atom is -0.491 e. The molecular formula is C14H24IN3O2. The van der Waals surface area contributed by atoms with E-state index in [1.807, 2.05) is 45.0 Å². The largest absolute Gasteiger partial charge is 0.491 e. The summed E-state index contributed by atoms with van der Waals surface area (Å²) in [6, 6.07) is 7.36. The van der Waals surface area contributed by atoms with Gasteiger partial charge in [0.25, 0.3) is 0 Å². The molecule has 0 radical (unpaired) electrons. The van der Waals surface area contributed by atoms with Crippen molar-refractivity contribution in [3.05, 3.63) is 29.8 Å². The Morgan fingerprint density at radius 2 is 1.95 bits per heavy atom. The first-order valence-electron chi connectivity index (χ1n) is 6.51. The van der Waals surface area contributed by atoms with Crippen molar-refractivity contribution < 1.29 is 9.84 Å². The van der Waals surface area contributed by atoms with Gasteiger partial charge in [-0.1, -0.05) is 12.1 Å². The molecule has 5 nitrogen and oxygen atoms in total. The van der Waals surface area contributed by atoms with E-state index in [2.05, 4.69) is 10.3 Å². The summed E-state index contributed by atoms with van der Waals surface area (Å²) in [7, 11) is 0. The fourth-order valence-electron chi connectivity index (χ4n) is 1.57. The Balaban J connectivity index is 0.00000361. The molecule has 0 aliphatic carbocycles. The fourth-order valence-corrected chi connectivity index (χ4v) is 1.57. The van der Waals surface area contributed by atoms with E-state index >= 15 is 0 Å². The van der Waals surface area contributed by atoms with Gasteiger partial charge in [0.1, 0.15) is 5.75 Å². The number of benzene rings is 1.